The fourth-order valence-corrected chi connectivity index (χ4v) is 6.26. The molecule has 0 aliphatic carbocycles. The first-order valence-corrected chi connectivity index (χ1v) is 10.7. The molecular weight excluding hydrogens is 368 g/mol. The number of urea groups is 1. The van der Waals surface area contributed by atoms with Gasteiger partial charge in [-0.2, -0.15) is 0 Å². The molecule has 5 nitrogen and oxygen atoms in total. The summed E-state index contributed by atoms with van der Waals surface area (Å²) in [5.74, 6) is 0.403. The van der Waals surface area contributed by atoms with Crippen LogP contribution in [0.5, 0.6) is 0 Å². The van der Waals surface area contributed by atoms with Gasteiger partial charge in [-0.3, -0.25) is 0 Å². The van der Waals surface area contributed by atoms with Crippen LogP contribution in [0, 0.1) is 5.92 Å². The van der Waals surface area contributed by atoms with Gasteiger partial charge in [-0.05, 0) is 18.4 Å². The van der Waals surface area contributed by atoms with Gasteiger partial charge in [0.2, 0.25) is 0 Å². The molecule has 1 aliphatic rings. The molecule has 2 amide bonds. The Bertz CT molecular complexity index is 863. The number of thiophene rings is 1. The maximum atomic E-state index is 12.2. The van der Waals surface area contributed by atoms with Gasteiger partial charge in [-0.25, -0.2) is 13.2 Å². The zero-order valence-corrected chi connectivity index (χ0v) is 15.7. The molecule has 1 saturated heterocycles. The molecule has 8 heteroatoms. The van der Waals surface area contributed by atoms with Crippen molar-refractivity contribution in [3.05, 3.63) is 34.2 Å². The molecular formula is C16H19ClN2O3S2. The lowest BCUT2D eigenvalue weighted by atomic mass is 10.1. The van der Waals surface area contributed by atoms with E-state index in [1.165, 1.54) is 0 Å². The molecule has 1 aromatic carbocycles. The lowest BCUT2D eigenvalue weighted by Gasteiger charge is -2.18. The number of hydrogen-bond acceptors (Lipinski definition) is 4. The molecule has 0 radical (unpaired) electrons. The molecule has 2 heterocycles. The van der Waals surface area contributed by atoms with Gasteiger partial charge in [0, 0.05) is 28.6 Å². The number of hydrogen-bond donors (Lipinski definition) is 1. The molecule has 0 spiro atoms. The zero-order valence-electron chi connectivity index (χ0n) is 13.3. The number of fused-ring (bicyclic) bond motifs is 1. The molecule has 1 unspecified atom stereocenters. The Kier molecular flexibility index (Phi) is 5.03. The fraction of sp³-hybridized carbons (Fsp3) is 0.438. The number of carbonyl (C=O) groups is 1. The van der Waals surface area contributed by atoms with Crippen LogP contribution in [-0.2, 0) is 16.4 Å². The molecule has 0 saturated carbocycles. The molecule has 24 heavy (non-hydrogen) atoms. The van der Waals surface area contributed by atoms with Crippen molar-refractivity contribution in [2.45, 2.75) is 13.0 Å². The lowest BCUT2D eigenvalue weighted by molar-refractivity contribution is 0.205. The summed E-state index contributed by atoms with van der Waals surface area (Å²) in [4.78, 5) is 14.7. The van der Waals surface area contributed by atoms with E-state index >= 15 is 0 Å². The van der Waals surface area contributed by atoms with Gasteiger partial charge in [0.1, 0.15) is 0 Å². The lowest BCUT2D eigenvalue weighted by Crippen LogP contribution is -2.39. The first-order chi connectivity index (χ1) is 11.4. The van der Waals surface area contributed by atoms with E-state index in [4.69, 9.17) is 11.6 Å². The van der Waals surface area contributed by atoms with Crippen LogP contribution in [0.4, 0.5) is 4.79 Å². The average molecular weight is 387 g/mol. The highest BCUT2D eigenvalue weighted by Gasteiger charge is 2.28. The predicted octanol–water partition coefficient (Wildman–Crippen LogP) is 3.13. The number of rotatable bonds is 4. The normalized spacial score (nSPS) is 19.5. The second-order valence-corrected chi connectivity index (χ2v) is 9.89. The minimum Gasteiger partial charge on any atom is -0.338 e. The maximum absolute atomic E-state index is 12.2. The van der Waals surface area contributed by atoms with E-state index in [2.05, 4.69) is 5.32 Å². The summed E-state index contributed by atoms with van der Waals surface area (Å²) in [5, 5.41) is 4.52. The third-order valence-corrected chi connectivity index (χ3v) is 7.73. The summed E-state index contributed by atoms with van der Waals surface area (Å²) in [6.45, 7) is 0.815. The Morgan fingerprint density at radius 2 is 2.17 bits per heavy atom. The summed E-state index contributed by atoms with van der Waals surface area (Å²) in [7, 11) is -1.20. The van der Waals surface area contributed by atoms with Crippen LogP contribution in [0.1, 0.15) is 11.3 Å². The largest absolute Gasteiger partial charge is 0.338 e. The van der Waals surface area contributed by atoms with E-state index in [1.54, 1.807) is 23.3 Å². The number of nitrogens with zero attached hydrogens (tertiary/aromatic N) is 1. The minimum atomic E-state index is -2.91. The Labute approximate surface area is 150 Å². The van der Waals surface area contributed by atoms with Crippen LogP contribution in [0.2, 0.25) is 5.02 Å². The van der Waals surface area contributed by atoms with E-state index in [0.29, 0.717) is 24.5 Å². The number of amides is 2. The van der Waals surface area contributed by atoms with Crippen molar-refractivity contribution in [2.24, 2.45) is 5.92 Å². The Morgan fingerprint density at radius 1 is 1.42 bits per heavy atom. The number of carbonyl (C=O) groups excluding carboxylic acids is 1. The van der Waals surface area contributed by atoms with Crippen LogP contribution in [0.3, 0.4) is 0 Å². The molecule has 130 valence electrons. The highest BCUT2D eigenvalue weighted by atomic mass is 35.5. The molecule has 2 aromatic rings. The third-order valence-electron chi connectivity index (χ3n) is 4.20. The van der Waals surface area contributed by atoms with Gasteiger partial charge in [0.15, 0.2) is 9.84 Å². The molecule has 1 fully saturated rings. The molecule has 1 N–H and O–H groups in total. The smallest absolute Gasteiger partial charge is 0.317 e. The standard InChI is InChI=1S/C16H19ClN2O3S2/c1-19(16(20)18-8-11-6-7-24(21,22)10-11)9-14-15(17)12-4-2-3-5-13(12)23-14/h2-5,11H,6-10H2,1H3,(H,18,20). The zero-order chi connectivity index (χ0) is 17.3. The third kappa shape index (κ3) is 3.84. The topological polar surface area (TPSA) is 66.5 Å². The summed E-state index contributed by atoms with van der Waals surface area (Å²) in [6.07, 6.45) is 0.620. The van der Waals surface area contributed by atoms with Crippen molar-refractivity contribution in [2.75, 3.05) is 25.1 Å². The van der Waals surface area contributed by atoms with Gasteiger partial charge >= 0.3 is 6.03 Å². The summed E-state index contributed by atoms with van der Waals surface area (Å²) in [6, 6.07) is 7.67. The predicted molar refractivity (Wildman–Crippen MR) is 98.5 cm³/mol. The van der Waals surface area contributed by atoms with E-state index in [9.17, 15) is 13.2 Å². The Balaban J connectivity index is 1.58. The first kappa shape index (κ1) is 17.5. The summed E-state index contributed by atoms with van der Waals surface area (Å²) < 4.78 is 24.0. The average Bonchev–Trinajstić information content (AvgIpc) is 3.05. The van der Waals surface area contributed by atoms with Gasteiger partial charge in [-0.15, -0.1) is 11.3 Å². The quantitative estimate of drug-likeness (QED) is 0.877. The number of sulfone groups is 1. The van der Waals surface area contributed by atoms with Gasteiger partial charge < -0.3 is 10.2 Å². The first-order valence-electron chi connectivity index (χ1n) is 7.71. The molecule has 0 bridgehead atoms. The van der Waals surface area contributed by atoms with Crippen LogP contribution in [0.25, 0.3) is 10.1 Å². The SMILES string of the molecule is CN(Cc1sc2ccccc2c1Cl)C(=O)NCC1CCS(=O)(=O)C1. The summed E-state index contributed by atoms with van der Waals surface area (Å²) in [5.41, 5.74) is 0. The number of benzene rings is 1. The Hall–Kier alpha value is -1.31. The van der Waals surface area contributed by atoms with Crippen molar-refractivity contribution in [1.82, 2.24) is 10.2 Å². The monoisotopic (exact) mass is 386 g/mol. The van der Waals surface area contributed by atoms with Crippen molar-refractivity contribution in [3.63, 3.8) is 0 Å². The van der Waals surface area contributed by atoms with Crippen LogP contribution in [0.15, 0.2) is 24.3 Å². The van der Waals surface area contributed by atoms with Gasteiger partial charge in [-0.1, -0.05) is 29.8 Å². The van der Waals surface area contributed by atoms with Crippen LogP contribution >= 0.6 is 22.9 Å². The van der Waals surface area contributed by atoms with Gasteiger partial charge in [0.05, 0.1) is 23.1 Å². The van der Waals surface area contributed by atoms with Crippen molar-refractivity contribution >= 4 is 48.9 Å². The second-order valence-electron chi connectivity index (χ2n) is 6.15. The Morgan fingerprint density at radius 3 is 2.83 bits per heavy atom. The van der Waals surface area contributed by atoms with Crippen LogP contribution in [-0.4, -0.2) is 44.4 Å². The molecule has 1 atom stereocenters. The van der Waals surface area contributed by atoms with E-state index in [0.717, 1.165) is 15.0 Å². The molecule has 3 rings (SSSR count). The second kappa shape index (κ2) is 6.90. The van der Waals surface area contributed by atoms with Crippen molar-refractivity contribution < 1.29 is 13.2 Å². The number of nitrogens with one attached hydrogen (secondary N) is 1. The maximum Gasteiger partial charge on any atom is 0.317 e. The highest BCUT2D eigenvalue weighted by molar-refractivity contribution is 7.91. The number of halogens is 1. The van der Waals surface area contributed by atoms with Crippen molar-refractivity contribution in [3.8, 4) is 0 Å². The summed E-state index contributed by atoms with van der Waals surface area (Å²) >= 11 is 7.98. The molecule has 1 aromatic heterocycles. The van der Waals surface area contributed by atoms with E-state index in [1.807, 2.05) is 24.3 Å². The fourth-order valence-electron chi connectivity index (χ4n) is 2.85. The van der Waals surface area contributed by atoms with E-state index < -0.39 is 9.84 Å². The highest BCUT2D eigenvalue weighted by Crippen LogP contribution is 2.35. The van der Waals surface area contributed by atoms with Crippen LogP contribution < -0.4 is 5.32 Å². The van der Waals surface area contributed by atoms with Gasteiger partial charge in [0.25, 0.3) is 0 Å². The van der Waals surface area contributed by atoms with E-state index in [-0.39, 0.29) is 23.5 Å². The molecule has 1 aliphatic heterocycles. The van der Waals surface area contributed by atoms with Crippen molar-refractivity contribution in [1.29, 1.82) is 0 Å². The minimum absolute atomic E-state index is 0.0141.